The average Bonchev–Trinajstić information content (AvgIpc) is 2.75. The third kappa shape index (κ3) is 4.03. The smallest absolute Gasteiger partial charge is 0.286 e. The van der Waals surface area contributed by atoms with Crippen molar-refractivity contribution >= 4 is 17.3 Å². The maximum absolute atomic E-state index is 12.9. The summed E-state index contributed by atoms with van der Waals surface area (Å²) in [4.78, 5) is 23.8. The molecule has 0 saturated carbocycles. The predicted molar refractivity (Wildman–Crippen MR) is 108 cm³/mol. The van der Waals surface area contributed by atoms with Crippen LogP contribution in [0, 0.1) is 10.1 Å². The summed E-state index contributed by atoms with van der Waals surface area (Å²) in [5.74, 6) is 0.0164. The fourth-order valence-corrected chi connectivity index (χ4v) is 3.21. The van der Waals surface area contributed by atoms with Crippen molar-refractivity contribution in [2.24, 2.45) is 0 Å². The summed E-state index contributed by atoms with van der Waals surface area (Å²) in [5, 5.41) is 14.3. The molecule has 0 atom stereocenters. The minimum atomic E-state index is -0.594. The number of hydrogen-bond donors (Lipinski definition) is 1. The molecule has 0 unspecified atom stereocenters. The summed E-state index contributed by atoms with van der Waals surface area (Å²) in [7, 11) is 0. The van der Waals surface area contributed by atoms with Crippen LogP contribution in [0.3, 0.4) is 0 Å². The first-order valence-electron chi connectivity index (χ1n) is 9.13. The first kappa shape index (κ1) is 18.5. The molecule has 0 saturated heterocycles. The quantitative estimate of drug-likeness (QED) is 0.521. The molecule has 7 heteroatoms. The number of ether oxygens (including phenoxy) is 2. The molecule has 1 N–H and O–H groups in total. The Morgan fingerprint density at radius 3 is 2.34 bits per heavy atom. The molecule has 0 bridgehead atoms. The van der Waals surface area contributed by atoms with Gasteiger partial charge in [0.05, 0.1) is 11.0 Å². The maximum atomic E-state index is 12.9. The Morgan fingerprint density at radius 2 is 1.62 bits per heavy atom. The molecule has 3 aromatic rings. The van der Waals surface area contributed by atoms with E-state index in [1.165, 1.54) is 12.1 Å². The zero-order valence-corrected chi connectivity index (χ0v) is 15.5. The summed E-state index contributed by atoms with van der Waals surface area (Å²) in [5.41, 5.74) is 2.21. The molecule has 4 rings (SSSR count). The second-order valence-electron chi connectivity index (χ2n) is 6.54. The van der Waals surface area contributed by atoms with Crippen LogP contribution < -0.4 is 14.8 Å². The number of para-hydroxylation sites is 1. The molecule has 1 heterocycles. The van der Waals surface area contributed by atoms with Gasteiger partial charge in [-0.1, -0.05) is 48.5 Å². The minimum absolute atomic E-state index is 0.0752. The van der Waals surface area contributed by atoms with E-state index in [9.17, 15) is 14.9 Å². The largest absolute Gasteiger partial charge is 0.486 e. The van der Waals surface area contributed by atoms with Gasteiger partial charge in [0, 0.05) is 11.8 Å². The van der Waals surface area contributed by atoms with Gasteiger partial charge in [0.15, 0.2) is 11.5 Å². The first-order chi connectivity index (χ1) is 14.1. The van der Waals surface area contributed by atoms with Crippen molar-refractivity contribution in [1.82, 2.24) is 0 Å². The summed E-state index contributed by atoms with van der Waals surface area (Å²) in [6, 6.07) is 19.8. The molecule has 29 heavy (non-hydrogen) atoms. The van der Waals surface area contributed by atoms with Crippen molar-refractivity contribution in [2.75, 3.05) is 18.5 Å². The third-order valence-electron chi connectivity index (χ3n) is 4.60. The van der Waals surface area contributed by atoms with Gasteiger partial charge in [0.2, 0.25) is 0 Å². The van der Waals surface area contributed by atoms with E-state index >= 15 is 0 Å². The molecular weight excluding hydrogens is 372 g/mol. The highest BCUT2D eigenvalue weighted by atomic mass is 16.6. The van der Waals surface area contributed by atoms with E-state index in [4.69, 9.17) is 9.47 Å². The van der Waals surface area contributed by atoms with Gasteiger partial charge in [0.1, 0.15) is 18.8 Å². The van der Waals surface area contributed by atoms with Gasteiger partial charge in [-0.05, 0) is 23.6 Å². The summed E-state index contributed by atoms with van der Waals surface area (Å²) in [6.45, 7) is 0.633. The molecule has 0 fully saturated rings. The minimum Gasteiger partial charge on any atom is -0.486 e. The zero-order valence-electron chi connectivity index (χ0n) is 15.5. The predicted octanol–water partition coefficient (Wildman–Crippen LogP) is 4.21. The van der Waals surface area contributed by atoms with Crippen molar-refractivity contribution in [3.8, 4) is 11.5 Å². The van der Waals surface area contributed by atoms with Crippen LogP contribution in [0.5, 0.6) is 11.5 Å². The van der Waals surface area contributed by atoms with Gasteiger partial charge < -0.3 is 14.8 Å². The number of rotatable bonds is 5. The molecule has 0 spiro atoms. The lowest BCUT2D eigenvalue weighted by molar-refractivity contribution is -0.385. The first-order valence-corrected chi connectivity index (χ1v) is 9.13. The van der Waals surface area contributed by atoms with Crippen LogP contribution in [-0.2, 0) is 6.42 Å². The average molecular weight is 390 g/mol. The molecule has 1 amide bonds. The number of nitro benzene ring substituents is 1. The number of hydrogen-bond acceptors (Lipinski definition) is 5. The van der Waals surface area contributed by atoms with Crippen LogP contribution >= 0.6 is 0 Å². The SMILES string of the molecule is O=C(Nc1ccccc1Cc1ccccc1)c1cc2c(cc1[N+](=O)[O-])OCCO2. The van der Waals surface area contributed by atoms with Crippen molar-refractivity contribution in [3.05, 3.63) is 93.5 Å². The number of nitrogens with one attached hydrogen (secondary N) is 1. The molecular formula is C22H18N2O5. The maximum Gasteiger partial charge on any atom is 0.286 e. The summed E-state index contributed by atoms with van der Waals surface area (Å²) in [6.07, 6.45) is 0.626. The number of benzene rings is 3. The van der Waals surface area contributed by atoms with Crippen molar-refractivity contribution < 1.29 is 19.2 Å². The van der Waals surface area contributed by atoms with Gasteiger partial charge in [-0.25, -0.2) is 0 Å². The number of nitrogens with zero attached hydrogens (tertiary/aromatic N) is 1. The van der Waals surface area contributed by atoms with E-state index < -0.39 is 10.8 Å². The van der Waals surface area contributed by atoms with Gasteiger partial charge in [0.25, 0.3) is 11.6 Å². The van der Waals surface area contributed by atoms with Crippen molar-refractivity contribution in [3.63, 3.8) is 0 Å². The van der Waals surface area contributed by atoms with Crippen LogP contribution in [0.25, 0.3) is 0 Å². The van der Waals surface area contributed by atoms with E-state index in [2.05, 4.69) is 5.32 Å². The van der Waals surface area contributed by atoms with Crippen LogP contribution in [-0.4, -0.2) is 24.0 Å². The molecule has 1 aliphatic heterocycles. The highest BCUT2D eigenvalue weighted by molar-refractivity contribution is 6.08. The highest BCUT2D eigenvalue weighted by Gasteiger charge is 2.26. The Morgan fingerprint density at radius 1 is 0.966 bits per heavy atom. The van der Waals surface area contributed by atoms with E-state index in [-0.39, 0.29) is 17.0 Å². The molecule has 146 valence electrons. The summed E-state index contributed by atoms with van der Waals surface area (Å²) < 4.78 is 10.9. The summed E-state index contributed by atoms with van der Waals surface area (Å²) >= 11 is 0. The second kappa shape index (κ2) is 8.02. The number of nitro groups is 1. The standard InChI is InChI=1S/C22H18N2O5/c25-22(17-13-20-21(29-11-10-28-20)14-19(17)24(26)27)23-18-9-5-4-8-16(18)12-15-6-2-1-3-7-15/h1-9,13-14H,10-12H2,(H,23,25). The Kier molecular flexibility index (Phi) is 5.11. The molecule has 0 radical (unpaired) electrons. The Labute approximate surface area is 167 Å². The van der Waals surface area contributed by atoms with E-state index in [0.29, 0.717) is 31.1 Å². The van der Waals surface area contributed by atoms with Crippen LogP contribution in [0.2, 0.25) is 0 Å². The number of carbonyl (C=O) groups excluding carboxylic acids is 1. The Balaban J connectivity index is 1.64. The lowest BCUT2D eigenvalue weighted by Gasteiger charge is -2.19. The highest BCUT2D eigenvalue weighted by Crippen LogP contribution is 2.37. The lowest BCUT2D eigenvalue weighted by atomic mass is 10.0. The molecule has 0 aliphatic carbocycles. The van der Waals surface area contributed by atoms with E-state index in [0.717, 1.165) is 11.1 Å². The van der Waals surface area contributed by atoms with Crippen molar-refractivity contribution in [2.45, 2.75) is 6.42 Å². The number of amides is 1. The lowest BCUT2D eigenvalue weighted by Crippen LogP contribution is -2.19. The van der Waals surface area contributed by atoms with E-state index in [1.807, 2.05) is 48.5 Å². The molecule has 0 aromatic heterocycles. The third-order valence-corrected chi connectivity index (χ3v) is 4.60. The zero-order chi connectivity index (χ0) is 20.2. The Bertz CT molecular complexity index is 1070. The van der Waals surface area contributed by atoms with Gasteiger partial charge in [-0.3, -0.25) is 14.9 Å². The van der Waals surface area contributed by atoms with Crippen LogP contribution in [0.4, 0.5) is 11.4 Å². The van der Waals surface area contributed by atoms with Gasteiger partial charge >= 0.3 is 0 Å². The number of fused-ring (bicyclic) bond motifs is 1. The Hall–Kier alpha value is -3.87. The van der Waals surface area contributed by atoms with Crippen LogP contribution in [0.1, 0.15) is 21.5 Å². The van der Waals surface area contributed by atoms with Crippen LogP contribution in [0.15, 0.2) is 66.7 Å². The number of anilines is 1. The molecule has 7 nitrogen and oxygen atoms in total. The van der Waals surface area contributed by atoms with Gasteiger partial charge in [-0.15, -0.1) is 0 Å². The fraction of sp³-hybridized carbons (Fsp3) is 0.136. The van der Waals surface area contributed by atoms with Crippen molar-refractivity contribution in [1.29, 1.82) is 0 Å². The normalized spacial score (nSPS) is 12.3. The molecule has 3 aromatic carbocycles. The van der Waals surface area contributed by atoms with E-state index in [1.54, 1.807) is 6.07 Å². The topological polar surface area (TPSA) is 90.7 Å². The monoisotopic (exact) mass is 390 g/mol. The second-order valence-corrected chi connectivity index (χ2v) is 6.54. The van der Waals surface area contributed by atoms with Gasteiger partial charge in [-0.2, -0.15) is 0 Å². The fourth-order valence-electron chi connectivity index (χ4n) is 3.21. The molecule has 1 aliphatic rings. The number of carbonyl (C=O) groups is 1.